The first-order valence-corrected chi connectivity index (χ1v) is 9.30. The van der Waals surface area contributed by atoms with E-state index in [1.807, 2.05) is 37.3 Å². The molecule has 0 spiro atoms. The molecule has 0 aliphatic carbocycles. The van der Waals surface area contributed by atoms with E-state index >= 15 is 0 Å². The van der Waals surface area contributed by atoms with Crippen LogP contribution >= 0.6 is 22.6 Å². The lowest BCUT2D eigenvalue weighted by atomic mass is 10.2. The standard InChI is InChI=1S/C21H17IN2O3/c1-14-6-4-7-15(12-14)23-21(26)19(13-16-8-5-11-27-16)24-20(25)17-9-2-3-10-18(17)22/h2-13H,1H3,(H,23,26)(H,24,25)/b19-13+. The molecule has 2 aromatic carbocycles. The molecule has 0 aliphatic heterocycles. The van der Waals surface area contributed by atoms with Crippen LogP contribution in [-0.2, 0) is 4.79 Å². The molecule has 0 aliphatic rings. The van der Waals surface area contributed by atoms with Crippen LogP contribution in [0.4, 0.5) is 5.69 Å². The molecule has 0 atom stereocenters. The number of benzene rings is 2. The third-order valence-corrected chi connectivity index (χ3v) is 4.66. The highest BCUT2D eigenvalue weighted by atomic mass is 127. The average Bonchev–Trinajstić information content (AvgIpc) is 3.14. The van der Waals surface area contributed by atoms with Gasteiger partial charge in [-0.25, -0.2) is 0 Å². The molecule has 0 unspecified atom stereocenters. The molecule has 3 rings (SSSR count). The summed E-state index contributed by atoms with van der Waals surface area (Å²) in [4.78, 5) is 25.4. The molecule has 3 aromatic rings. The number of carbonyl (C=O) groups is 2. The van der Waals surface area contributed by atoms with Crippen LogP contribution in [0.1, 0.15) is 21.7 Å². The Morgan fingerprint density at radius 2 is 1.85 bits per heavy atom. The summed E-state index contributed by atoms with van der Waals surface area (Å²) >= 11 is 2.09. The minimum atomic E-state index is -0.434. The van der Waals surface area contributed by atoms with Crippen LogP contribution in [0.2, 0.25) is 0 Å². The number of aryl methyl sites for hydroxylation is 1. The van der Waals surface area contributed by atoms with Crippen molar-refractivity contribution in [2.75, 3.05) is 5.32 Å². The monoisotopic (exact) mass is 472 g/mol. The maximum Gasteiger partial charge on any atom is 0.272 e. The summed E-state index contributed by atoms with van der Waals surface area (Å²) < 4.78 is 6.08. The summed E-state index contributed by atoms with van der Waals surface area (Å²) in [5, 5.41) is 5.49. The predicted molar refractivity (Wildman–Crippen MR) is 113 cm³/mol. The smallest absolute Gasteiger partial charge is 0.272 e. The van der Waals surface area contributed by atoms with E-state index < -0.39 is 5.91 Å². The SMILES string of the molecule is Cc1cccc(NC(=O)/C(=C\c2ccco2)NC(=O)c2ccccc2I)c1. The Kier molecular flexibility index (Phi) is 6.08. The zero-order valence-electron chi connectivity index (χ0n) is 14.5. The molecule has 1 aromatic heterocycles. The Bertz CT molecular complexity index is 994. The molecular formula is C21H17IN2O3. The molecule has 0 saturated heterocycles. The summed E-state index contributed by atoms with van der Waals surface area (Å²) in [6.07, 6.45) is 3.00. The van der Waals surface area contributed by atoms with Crippen molar-refractivity contribution in [3.05, 3.63) is 93.1 Å². The minimum absolute atomic E-state index is 0.0936. The van der Waals surface area contributed by atoms with Gasteiger partial charge in [0.15, 0.2) is 0 Å². The first kappa shape index (κ1) is 18.9. The van der Waals surface area contributed by atoms with Crippen LogP contribution in [0, 0.1) is 10.5 Å². The topological polar surface area (TPSA) is 71.3 Å². The second kappa shape index (κ2) is 8.68. The Hall–Kier alpha value is -2.87. The maximum atomic E-state index is 12.8. The molecule has 2 amide bonds. The van der Waals surface area contributed by atoms with Crippen molar-refractivity contribution in [3.8, 4) is 0 Å². The van der Waals surface area contributed by atoms with Gasteiger partial charge in [0, 0.05) is 15.3 Å². The number of furan rings is 1. The van der Waals surface area contributed by atoms with Crippen LogP contribution in [0.15, 0.2) is 77.0 Å². The molecule has 0 bridgehead atoms. The number of hydrogen-bond donors (Lipinski definition) is 2. The van der Waals surface area contributed by atoms with Gasteiger partial charge in [0.2, 0.25) is 0 Å². The Balaban J connectivity index is 1.86. The van der Waals surface area contributed by atoms with Crippen molar-refractivity contribution < 1.29 is 14.0 Å². The second-order valence-electron chi connectivity index (χ2n) is 5.83. The van der Waals surface area contributed by atoms with Crippen LogP contribution in [-0.4, -0.2) is 11.8 Å². The van der Waals surface area contributed by atoms with Crippen LogP contribution < -0.4 is 10.6 Å². The number of halogens is 1. The Labute approximate surface area is 170 Å². The number of amides is 2. The van der Waals surface area contributed by atoms with Crippen molar-refractivity contribution in [1.29, 1.82) is 0 Å². The van der Waals surface area contributed by atoms with E-state index in [-0.39, 0.29) is 11.6 Å². The summed E-state index contributed by atoms with van der Waals surface area (Å²) in [6.45, 7) is 1.94. The number of nitrogens with one attached hydrogen (secondary N) is 2. The lowest BCUT2D eigenvalue weighted by Crippen LogP contribution is -2.31. The molecule has 27 heavy (non-hydrogen) atoms. The van der Waals surface area contributed by atoms with Gasteiger partial charge in [-0.2, -0.15) is 0 Å². The van der Waals surface area contributed by atoms with Crippen molar-refractivity contribution in [1.82, 2.24) is 5.32 Å². The third-order valence-electron chi connectivity index (χ3n) is 3.72. The molecule has 136 valence electrons. The lowest BCUT2D eigenvalue weighted by Gasteiger charge is -2.12. The van der Waals surface area contributed by atoms with E-state index in [1.165, 1.54) is 12.3 Å². The van der Waals surface area contributed by atoms with Gasteiger partial charge in [0.25, 0.3) is 11.8 Å². The van der Waals surface area contributed by atoms with Crippen molar-refractivity contribution in [2.45, 2.75) is 6.92 Å². The number of carbonyl (C=O) groups excluding carboxylic acids is 2. The normalized spacial score (nSPS) is 11.1. The van der Waals surface area contributed by atoms with E-state index in [0.29, 0.717) is 17.0 Å². The summed E-state index contributed by atoms with van der Waals surface area (Å²) in [5.41, 5.74) is 2.25. The van der Waals surface area contributed by atoms with E-state index in [9.17, 15) is 9.59 Å². The van der Waals surface area contributed by atoms with E-state index in [2.05, 4.69) is 33.2 Å². The van der Waals surface area contributed by atoms with E-state index in [0.717, 1.165) is 9.13 Å². The summed E-state index contributed by atoms with van der Waals surface area (Å²) in [6, 6.07) is 18.0. The summed E-state index contributed by atoms with van der Waals surface area (Å²) in [5.74, 6) is -0.332. The van der Waals surface area contributed by atoms with Gasteiger partial charge < -0.3 is 15.1 Å². The zero-order chi connectivity index (χ0) is 19.2. The van der Waals surface area contributed by atoms with Crippen LogP contribution in [0.3, 0.4) is 0 Å². The van der Waals surface area contributed by atoms with Crippen LogP contribution in [0.25, 0.3) is 6.08 Å². The molecule has 0 saturated carbocycles. The first-order chi connectivity index (χ1) is 13.0. The van der Waals surface area contributed by atoms with E-state index in [4.69, 9.17) is 4.42 Å². The number of hydrogen-bond acceptors (Lipinski definition) is 3. The zero-order valence-corrected chi connectivity index (χ0v) is 16.7. The minimum Gasteiger partial charge on any atom is -0.465 e. The Morgan fingerprint density at radius 1 is 1.04 bits per heavy atom. The fourth-order valence-electron chi connectivity index (χ4n) is 2.43. The maximum absolute atomic E-state index is 12.8. The molecule has 1 heterocycles. The highest BCUT2D eigenvalue weighted by Crippen LogP contribution is 2.15. The lowest BCUT2D eigenvalue weighted by molar-refractivity contribution is -0.113. The molecule has 2 N–H and O–H groups in total. The molecular weight excluding hydrogens is 455 g/mol. The van der Waals surface area contributed by atoms with Gasteiger partial charge in [-0.05, 0) is 71.5 Å². The predicted octanol–water partition coefficient (Wildman–Crippen LogP) is 4.60. The van der Waals surface area contributed by atoms with Gasteiger partial charge in [-0.1, -0.05) is 24.3 Å². The average molecular weight is 472 g/mol. The summed E-state index contributed by atoms with van der Waals surface area (Å²) in [7, 11) is 0. The molecule has 0 radical (unpaired) electrons. The van der Waals surface area contributed by atoms with Gasteiger partial charge in [-0.15, -0.1) is 0 Å². The third kappa shape index (κ3) is 5.07. The largest absolute Gasteiger partial charge is 0.465 e. The molecule has 0 fully saturated rings. The van der Waals surface area contributed by atoms with Crippen molar-refractivity contribution in [3.63, 3.8) is 0 Å². The number of anilines is 1. The van der Waals surface area contributed by atoms with Gasteiger partial charge >= 0.3 is 0 Å². The quantitative estimate of drug-likeness (QED) is 0.421. The molecule has 6 heteroatoms. The van der Waals surface area contributed by atoms with E-state index in [1.54, 1.807) is 30.3 Å². The van der Waals surface area contributed by atoms with Crippen LogP contribution in [0.5, 0.6) is 0 Å². The van der Waals surface area contributed by atoms with Crippen molar-refractivity contribution in [2.24, 2.45) is 0 Å². The fourth-order valence-corrected chi connectivity index (χ4v) is 3.06. The highest BCUT2D eigenvalue weighted by molar-refractivity contribution is 14.1. The number of rotatable bonds is 5. The first-order valence-electron chi connectivity index (χ1n) is 8.22. The van der Waals surface area contributed by atoms with Gasteiger partial charge in [-0.3, -0.25) is 9.59 Å². The van der Waals surface area contributed by atoms with Crippen molar-refractivity contribution >= 4 is 46.2 Å². The van der Waals surface area contributed by atoms with Gasteiger partial charge in [0.05, 0.1) is 11.8 Å². The fraction of sp³-hybridized carbons (Fsp3) is 0.0476. The van der Waals surface area contributed by atoms with Gasteiger partial charge in [0.1, 0.15) is 11.5 Å². The highest BCUT2D eigenvalue weighted by Gasteiger charge is 2.17. The Morgan fingerprint density at radius 3 is 2.56 bits per heavy atom. The molecule has 5 nitrogen and oxygen atoms in total. The second-order valence-corrected chi connectivity index (χ2v) is 6.99.